The first-order valence-corrected chi connectivity index (χ1v) is 4.52. The van der Waals surface area contributed by atoms with Crippen LogP contribution in [0.5, 0.6) is 0 Å². The van der Waals surface area contributed by atoms with Crippen LogP contribution in [0.25, 0.3) is 0 Å². The van der Waals surface area contributed by atoms with Crippen molar-refractivity contribution in [1.29, 1.82) is 0 Å². The summed E-state index contributed by atoms with van der Waals surface area (Å²) in [4.78, 5) is 11.5. The molecule has 0 fully saturated rings. The summed E-state index contributed by atoms with van der Waals surface area (Å²) in [5, 5.41) is 4.30. The molecule has 2 rings (SSSR count). The molecule has 4 heteroatoms. The van der Waals surface area contributed by atoms with Gasteiger partial charge in [0.2, 0.25) is 0 Å². The van der Waals surface area contributed by atoms with E-state index in [1.165, 1.54) is 0 Å². The molecule has 0 atom stereocenters. The number of rotatable bonds is 2. The third kappa shape index (κ3) is 1.18. The molecule has 70 valence electrons. The van der Waals surface area contributed by atoms with E-state index in [-0.39, 0.29) is 5.78 Å². The smallest absolute Gasteiger partial charge is 0.166 e. The van der Waals surface area contributed by atoms with E-state index in [1.807, 2.05) is 7.05 Å². The van der Waals surface area contributed by atoms with Crippen LogP contribution < -0.4 is 5.73 Å². The number of hydrogen-bond acceptors (Lipinski definition) is 3. The Labute approximate surface area is 76.7 Å². The number of aromatic nitrogens is 2. The van der Waals surface area contributed by atoms with E-state index in [0.29, 0.717) is 13.0 Å². The zero-order valence-corrected chi connectivity index (χ0v) is 7.71. The molecule has 1 heterocycles. The molecular weight excluding hydrogens is 166 g/mol. The van der Waals surface area contributed by atoms with E-state index in [2.05, 4.69) is 5.10 Å². The number of nitrogens with zero attached hydrogens (tertiary/aromatic N) is 2. The summed E-state index contributed by atoms with van der Waals surface area (Å²) in [6, 6.07) is 0. The normalized spacial score (nSPS) is 15.1. The number of carbonyl (C=O) groups is 1. The van der Waals surface area contributed by atoms with Gasteiger partial charge < -0.3 is 5.73 Å². The summed E-state index contributed by atoms with van der Waals surface area (Å²) in [5.41, 5.74) is 8.27. The molecule has 0 unspecified atom stereocenters. The van der Waals surface area contributed by atoms with Crippen LogP contribution in [0.4, 0.5) is 0 Å². The minimum Gasteiger partial charge on any atom is -0.330 e. The van der Waals surface area contributed by atoms with Gasteiger partial charge in [-0.2, -0.15) is 5.10 Å². The number of hydrogen-bond donors (Lipinski definition) is 1. The predicted molar refractivity (Wildman–Crippen MR) is 48.6 cm³/mol. The van der Waals surface area contributed by atoms with E-state index in [1.54, 1.807) is 4.68 Å². The summed E-state index contributed by atoms with van der Waals surface area (Å²) in [5.74, 6) is 0.228. The lowest BCUT2D eigenvalue weighted by Gasteiger charge is -2.01. The lowest BCUT2D eigenvalue weighted by molar-refractivity contribution is 0.0993. The second kappa shape index (κ2) is 2.96. The average Bonchev–Trinajstić information content (AvgIpc) is 2.57. The molecular formula is C9H13N3O. The van der Waals surface area contributed by atoms with Crippen LogP contribution in [0, 0.1) is 0 Å². The van der Waals surface area contributed by atoms with Gasteiger partial charge in [-0.1, -0.05) is 0 Å². The van der Waals surface area contributed by atoms with Crippen LogP contribution in [-0.4, -0.2) is 22.1 Å². The fourth-order valence-corrected chi connectivity index (χ4v) is 1.90. The number of ketones is 1. The average molecular weight is 179 g/mol. The Morgan fingerprint density at radius 2 is 2.31 bits per heavy atom. The van der Waals surface area contributed by atoms with Crippen molar-refractivity contribution in [3.63, 3.8) is 0 Å². The van der Waals surface area contributed by atoms with E-state index >= 15 is 0 Å². The van der Waals surface area contributed by atoms with Crippen molar-refractivity contribution in [2.24, 2.45) is 12.8 Å². The van der Waals surface area contributed by atoms with E-state index in [9.17, 15) is 4.79 Å². The van der Waals surface area contributed by atoms with Crippen LogP contribution in [-0.2, 0) is 19.9 Å². The Bertz CT molecular complexity index is 354. The van der Waals surface area contributed by atoms with Gasteiger partial charge in [-0.25, -0.2) is 0 Å². The first-order chi connectivity index (χ1) is 6.24. The first-order valence-electron chi connectivity index (χ1n) is 4.52. The van der Waals surface area contributed by atoms with Gasteiger partial charge in [0.1, 0.15) is 0 Å². The van der Waals surface area contributed by atoms with Crippen molar-refractivity contribution in [3.8, 4) is 0 Å². The zero-order valence-electron chi connectivity index (χ0n) is 7.71. The van der Waals surface area contributed by atoms with Gasteiger partial charge in [-0.3, -0.25) is 9.48 Å². The summed E-state index contributed by atoms with van der Waals surface area (Å²) in [7, 11) is 1.87. The second-order valence-corrected chi connectivity index (χ2v) is 3.35. The molecule has 0 spiro atoms. The third-order valence-electron chi connectivity index (χ3n) is 2.49. The molecule has 0 aromatic carbocycles. The molecule has 0 saturated heterocycles. The highest BCUT2D eigenvalue weighted by Crippen LogP contribution is 2.24. The Morgan fingerprint density at radius 1 is 1.54 bits per heavy atom. The molecule has 1 aliphatic rings. The molecule has 1 aromatic heterocycles. The topological polar surface area (TPSA) is 60.9 Å². The molecule has 0 radical (unpaired) electrons. The minimum atomic E-state index is 0.228. The van der Waals surface area contributed by atoms with Gasteiger partial charge in [0.05, 0.1) is 17.0 Å². The fraction of sp³-hybridized carbons (Fsp3) is 0.556. The van der Waals surface area contributed by atoms with Crippen molar-refractivity contribution in [3.05, 3.63) is 17.0 Å². The maximum atomic E-state index is 11.5. The molecule has 4 nitrogen and oxygen atoms in total. The standard InChI is InChI=1S/C9H13N3O/c1-12-7(4-5-10)9-6(11-12)2-3-8(9)13/h2-5,10H2,1H3. The van der Waals surface area contributed by atoms with E-state index in [4.69, 9.17) is 5.73 Å². The van der Waals surface area contributed by atoms with Gasteiger partial charge in [0.15, 0.2) is 5.78 Å². The third-order valence-corrected chi connectivity index (χ3v) is 2.49. The summed E-state index contributed by atoms with van der Waals surface area (Å²) in [6.45, 7) is 0.569. The quantitative estimate of drug-likeness (QED) is 0.697. The van der Waals surface area contributed by atoms with Crippen LogP contribution in [0.1, 0.15) is 28.2 Å². The highest BCUT2D eigenvalue weighted by molar-refractivity contribution is 6.01. The van der Waals surface area contributed by atoms with Crippen LogP contribution in [0.15, 0.2) is 0 Å². The largest absolute Gasteiger partial charge is 0.330 e. The molecule has 13 heavy (non-hydrogen) atoms. The number of aryl methyl sites for hydroxylation is 2. The highest BCUT2D eigenvalue weighted by Gasteiger charge is 2.27. The molecule has 0 amide bonds. The van der Waals surface area contributed by atoms with Crippen molar-refractivity contribution in [2.45, 2.75) is 19.3 Å². The molecule has 0 aliphatic heterocycles. The zero-order chi connectivity index (χ0) is 9.42. The van der Waals surface area contributed by atoms with Crippen molar-refractivity contribution < 1.29 is 4.79 Å². The summed E-state index contributed by atoms with van der Waals surface area (Å²) >= 11 is 0. The van der Waals surface area contributed by atoms with Gasteiger partial charge in [-0.05, 0) is 13.0 Å². The fourth-order valence-electron chi connectivity index (χ4n) is 1.90. The van der Waals surface area contributed by atoms with E-state index in [0.717, 1.165) is 29.8 Å². The lowest BCUT2D eigenvalue weighted by atomic mass is 10.1. The first kappa shape index (κ1) is 8.44. The monoisotopic (exact) mass is 179 g/mol. The Hall–Kier alpha value is -1.16. The van der Waals surface area contributed by atoms with Gasteiger partial charge in [-0.15, -0.1) is 0 Å². The summed E-state index contributed by atoms with van der Waals surface area (Å²) in [6.07, 6.45) is 2.16. The van der Waals surface area contributed by atoms with Crippen LogP contribution in [0.3, 0.4) is 0 Å². The molecule has 0 bridgehead atoms. The predicted octanol–water partition coefficient (Wildman–Crippen LogP) is 0.0502. The van der Waals surface area contributed by atoms with Gasteiger partial charge in [0.25, 0.3) is 0 Å². The van der Waals surface area contributed by atoms with E-state index < -0.39 is 0 Å². The number of Topliss-reactive ketones (excluding diaryl/α,β-unsaturated/α-hetero) is 1. The van der Waals surface area contributed by atoms with Crippen molar-refractivity contribution >= 4 is 5.78 Å². The number of carbonyl (C=O) groups excluding carboxylic acids is 1. The molecule has 1 aromatic rings. The SMILES string of the molecule is Cn1nc2c(c1CCN)C(=O)CC2. The van der Waals surface area contributed by atoms with Crippen LogP contribution >= 0.6 is 0 Å². The second-order valence-electron chi connectivity index (χ2n) is 3.35. The Balaban J connectivity index is 2.48. The van der Waals surface area contributed by atoms with Crippen LogP contribution in [0.2, 0.25) is 0 Å². The molecule has 0 saturated carbocycles. The van der Waals surface area contributed by atoms with Gasteiger partial charge in [0, 0.05) is 19.9 Å². The Kier molecular flexibility index (Phi) is 1.92. The number of fused-ring (bicyclic) bond motifs is 1. The van der Waals surface area contributed by atoms with Crippen molar-refractivity contribution in [1.82, 2.24) is 9.78 Å². The Morgan fingerprint density at radius 3 is 3.00 bits per heavy atom. The minimum absolute atomic E-state index is 0.228. The maximum Gasteiger partial charge on any atom is 0.166 e. The molecule has 2 N–H and O–H groups in total. The maximum absolute atomic E-state index is 11.5. The number of nitrogens with two attached hydrogens (primary N) is 1. The van der Waals surface area contributed by atoms with Crippen molar-refractivity contribution in [2.75, 3.05) is 6.54 Å². The lowest BCUT2D eigenvalue weighted by Crippen LogP contribution is -2.10. The molecule has 1 aliphatic carbocycles. The highest BCUT2D eigenvalue weighted by atomic mass is 16.1. The van der Waals surface area contributed by atoms with Gasteiger partial charge >= 0.3 is 0 Å². The summed E-state index contributed by atoms with van der Waals surface area (Å²) < 4.78 is 1.79.